The van der Waals surface area contributed by atoms with Crippen LogP contribution in [0.5, 0.6) is 0 Å². The van der Waals surface area contributed by atoms with Crippen molar-refractivity contribution in [3.63, 3.8) is 0 Å². The van der Waals surface area contributed by atoms with E-state index in [9.17, 15) is 28.9 Å². The number of carbonyl (C=O) groups excluding carboxylic acids is 3. The molecule has 0 aliphatic heterocycles. The van der Waals surface area contributed by atoms with Crippen LogP contribution in [-0.4, -0.2) is 59.9 Å². The van der Waals surface area contributed by atoms with Crippen LogP contribution in [0.15, 0.2) is 0 Å². The second kappa shape index (κ2) is 37.8. The fourth-order valence-electron chi connectivity index (χ4n) is 5.71. The van der Waals surface area contributed by atoms with Gasteiger partial charge in [-0.2, -0.15) is 0 Å². The van der Waals surface area contributed by atoms with Crippen LogP contribution in [0.1, 0.15) is 194 Å². The molecule has 13 heteroatoms. The number of esters is 2. The smallest absolute Gasteiger partial charge is 0.547 e. The predicted molar refractivity (Wildman–Crippen MR) is 194 cm³/mol. The Bertz CT molecular complexity index is 877. The maximum Gasteiger partial charge on any atom is 1.00 e. The normalized spacial score (nSPS) is 13.6. The van der Waals surface area contributed by atoms with Crippen molar-refractivity contribution in [2.45, 2.75) is 206 Å². The summed E-state index contributed by atoms with van der Waals surface area (Å²) in [5.41, 5.74) is 0. The largest absolute Gasteiger partial charge is 1.00 e. The molecule has 0 heterocycles. The number of hydrogen-bond donors (Lipinski definition) is 2. The molecular weight excluding hydrogens is 686 g/mol. The summed E-state index contributed by atoms with van der Waals surface area (Å²) in [5.74, 6) is -2.94. The number of aliphatic hydroxyl groups excluding tert-OH is 1. The maximum absolute atomic E-state index is 12.5. The summed E-state index contributed by atoms with van der Waals surface area (Å²) in [7, 11) is -4.97. The van der Waals surface area contributed by atoms with Gasteiger partial charge < -0.3 is 29.4 Å². The fraction of sp³-hybridized carbons (Fsp3) is 0.921. The monoisotopic (exact) mass is 758 g/mol. The molecular formula is C38H72NaO11P. The number of rotatable bonds is 38. The van der Waals surface area contributed by atoms with Crippen molar-refractivity contribution in [2.75, 3.05) is 19.8 Å². The molecule has 0 aromatic rings. The van der Waals surface area contributed by atoms with Gasteiger partial charge in [0.1, 0.15) is 12.7 Å². The van der Waals surface area contributed by atoms with Gasteiger partial charge in [0.2, 0.25) is 0 Å². The van der Waals surface area contributed by atoms with Crippen molar-refractivity contribution in [2.24, 2.45) is 0 Å². The van der Waals surface area contributed by atoms with Crippen molar-refractivity contribution in [1.29, 1.82) is 0 Å². The Hall–Kier alpha value is -0.520. The van der Waals surface area contributed by atoms with Gasteiger partial charge in [-0.1, -0.05) is 168 Å². The number of carbonyl (C=O) groups is 3. The minimum Gasteiger partial charge on any atom is -0.547 e. The third-order valence-electron chi connectivity index (χ3n) is 8.81. The van der Waals surface area contributed by atoms with Crippen LogP contribution in [-0.2, 0) is 37.5 Å². The molecule has 0 rings (SSSR count). The van der Waals surface area contributed by atoms with E-state index in [4.69, 9.17) is 19.1 Å². The van der Waals surface area contributed by atoms with Crippen LogP contribution < -0.4 is 34.7 Å². The van der Waals surface area contributed by atoms with Crippen molar-refractivity contribution in [3.05, 3.63) is 0 Å². The molecule has 3 unspecified atom stereocenters. The zero-order valence-corrected chi connectivity index (χ0v) is 35.5. The molecule has 0 aromatic heterocycles. The Morgan fingerprint density at radius 2 is 0.941 bits per heavy atom. The average molecular weight is 759 g/mol. The number of carboxylic acid groups (broad SMARTS) is 1. The van der Waals surface area contributed by atoms with Crippen molar-refractivity contribution >= 4 is 25.7 Å². The molecule has 0 fully saturated rings. The molecule has 0 aliphatic carbocycles. The average Bonchev–Trinajstić information content (AvgIpc) is 3.08. The van der Waals surface area contributed by atoms with Crippen LogP contribution in [0.2, 0.25) is 0 Å². The number of ether oxygens (including phenoxy) is 2. The number of carboxylic acids is 1. The van der Waals surface area contributed by atoms with E-state index in [2.05, 4.69) is 18.4 Å². The number of aliphatic carboxylic acids is 1. The van der Waals surface area contributed by atoms with E-state index in [0.717, 1.165) is 38.5 Å². The predicted octanol–water partition coefficient (Wildman–Crippen LogP) is 5.65. The van der Waals surface area contributed by atoms with E-state index < -0.39 is 57.8 Å². The molecule has 0 saturated carbocycles. The van der Waals surface area contributed by atoms with Crippen molar-refractivity contribution in [3.8, 4) is 0 Å². The summed E-state index contributed by atoms with van der Waals surface area (Å²) in [4.78, 5) is 45.8. The first kappa shape index (κ1) is 52.6. The van der Waals surface area contributed by atoms with E-state index in [-0.39, 0.29) is 42.4 Å². The van der Waals surface area contributed by atoms with Gasteiger partial charge in [0, 0.05) is 12.8 Å². The SMILES string of the molecule is CCCCCCCCCCCCCCCC(=O)OCC(COP(=O)(O)OC(CO)C(=O)[O-])OC(=O)CCCCCCCCCCCCCCC.[Na+]. The molecule has 0 aromatic carbocycles. The minimum absolute atomic E-state index is 0. The van der Waals surface area contributed by atoms with Crippen LogP contribution in [0.25, 0.3) is 0 Å². The molecule has 0 amide bonds. The number of phosphoric acid groups is 1. The van der Waals surface area contributed by atoms with Gasteiger partial charge >= 0.3 is 49.3 Å². The Balaban J connectivity index is 0. The van der Waals surface area contributed by atoms with E-state index >= 15 is 0 Å². The summed E-state index contributed by atoms with van der Waals surface area (Å²) < 4.78 is 32.2. The van der Waals surface area contributed by atoms with E-state index in [0.29, 0.717) is 12.8 Å². The van der Waals surface area contributed by atoms with E-state index in [1.807, 2.05) is 0 Å². The van der Waals surface area contributed by atoms with Gasteiger partial charge in [0.15, 0.2) is 6.10 Å². The Labute approximate surface area is 332 Å². The number of phosphoric ester groups is 1. The van der Waals surface area contributed by atoms with Gasteiger partial charge in [-0.05, 0) is 12.8 Å². The molecule has 0 saturated heterocycles. The summed E-state index contributed by atoms with van der Waals surface area (Å²) >= 11 is 0. The van der Waals surface area contributed by atoms with Crippen molar-refractivity contribution < 1.29 is 82.1 Å². The standard InChI is InChI=1S/C38H73O11P.Na/c1-3-5-7-9-11-13-15-17-19-21-23-25-27-29-36(40)46-32-34(33-47-50(44,45)49-35(31-39)38(42)43)48-37(41)30-28-26-24-22-20-18-16-14-12-10-8-6-4-2;/h34-35,39H,3-33H2,1-2H3,(H,42,43)(H,44,45);/q;+1/p-1. The third-order valence-corrected chi connectivity index (χ3v) is 9.81. The minimum atomic E-state index is -4.97. The molecule has 0 bridgehead atoms. The van der Waals surface area contributed by atoms with Crippen LogP contribution in [0.4, 0.5) is 0 Å². The molecule has 0 radical (unpaired) electrons. The van der Waals surface area contributed by atoms with Crippen LogP contribution in [0, 0.1) is 0 Å². The second-order valence-electron chi connectivity index (χ2n) is 13.6. The molecule has 296 valence electrons. The number of unbranched alkanes of at least 4 members (excludes halogenated alkanes) is 24. The molecule has 0 spiro atoms. The van der Waals surface area contributed by atoms with Gasteiger partial charge in [-0.3, -0.25) is 18.6 Å². The van der Waals surface area contributed by atoms with E-state index in [1.54, 1.807) is 0 Å². The number of aliphatic hydroxyl groups is 1. The number of hydrogen-bond acceptors (Lipinski definition) is 10. The van der Waals surface area contributed by atoms with Crippen molar-refractivity contribution in [1.82, 2.24) is 0 Å². The summed E-state index contributed by atoms with van der Waals surface area (Å²) in [6.07, 6.45) is 27.6. The summed E-state index contributed by atoms with van der Waals surface area (Å²) in [5, 5.41) is 20.0. The quantitative estimate of drug-likeness (QED) is 0.0345. The second-order valence-corrected chi connectivity index (χ2v) is 15.0. The fourth-order valence-corrected chi connectivity index (χ4v) is 6.60. The first-order chi connectivity index (χ1) is 24.1. The van der Waals surface area contributed by atoms with E-state index in [1.165, 1.54) is 116 Å². The zero-order chi connectivity index (χ0) is 37.1. The summed E-state index contributed by atoms with van der Waals surface area (Å²) in [6.45, 7) is 2.27. The van der Waals surface area contributed by atoms with Gasteiger partial charge in [-0.15, -0.1) is 0 Å². The maximum atomic E-state index is 12.5. The summed E-state index contributed by atoms with van der Waals surface area (Å²) in [6, 6.07) is 0. The topological polar surface area (TPSA) is 169 Å². The first-order valence-electron chi connectivity index (χ1n) is 20.0. The molecule has 51 heavy (non-hydrogen) atoms. The first-order valence-corrected chi connectivity index (χ1v) is 21.5. The molecule has 2 N–H and O–H groups in total. The Kier molecular flexibility index (Phi) is 39.0. The molecule has 0 aliphatic rings. The van der Waals surface area contributed by atoms with Crippen LogP contribution >= 0.6 is 7.82 Å². The Morgan fingerprint density at radius 1 is 0.588 bits per heavy atom. The van der Waals surface area contributed by atoms with Crippen LogP contribution in [0.3, 0.4) is 0 Å². The molecule has 3 atom stereocenters. The van der Waals surface area contributed by atoms with Gasteiger partial charge in [0.05, 0.1) is 19.2 Å². The third kappa shape index (κ3) is 36.2. The van der Waals surface area contributed by atoms with Gasteiger partial charge in [-0.25, -0.2) is 4.57 Å². The van der Waals surface area contributed by atoms with Gasteiger partial charge in [0.25, 0.3) is 0 Å². The zero-order valence-electron chi connectivity index (χ0n) is 32.6. The molecule has 11 nitrogen and oxygen atoms in total. The Morgan fingerprint density at radius 3 is 1.29 bits per heavy atom.